The first kappa shape index (κ1) is 11.7. The van der Waals surface area contributed by atoms with Gasteiger partial charge in [-0.25, -0.2) is 9.59 Å². The van der Waals surface area contributed by atoms with Gasteiger partial charge in [-0.15, -0.1) is 0 Å². The molecule has 4 aliphatic heterocycles. The third-order valence-electron chi connectivity index (χ3n) is 2.58. The Kier molecular flexibility index (Phi) is 3.39. The van der Waals surface area contributed by atoms with Crippen LogP contribution in [0.1, 0.15) is 0 Å². The molecule has 4 rings (SSSR count). The molecule has 0 aromatic rings. The van der Waals surface area contributed by atoms with E-state index in [1.54, 1.807) is 0 Å². The number of carboxylic acids is 2. The van der Waals surface area contributed by atoms with Crippen molar-refractivity contribution in [3.05, 3.63) is 0 Å². The molecular weight excluding hydrogens is 233 g/mol. The van der Waals surface area contributed by atoms with Gasteiger partial charge in [-0.3, -0.25) is 14.7 Å². The smallest absolute Gasteiger partial charge is 0.414 e. The highest BCUT2D eigenvalue weighted by atomic mass is 31.1. The number of nitrogens with zero attached hydrogens (tertiary/aromatic N) is 3. The minimum Gasteiger partial charge on any atom is -0.473 e. The molecule has 4 fully saturated rings. The molecule has 0 atom stereocenters. The highest BCUT2D eigenvalue weighted by molar-refractivity contribution is 7.57. The van der Waals surface area contributed by atoms with Gasteiger partial charge in [-0.1, -0.05) is 7.92 Å². The summed E-state index contributed by atoms with van der Waals surface area (Å²) in [5, 5.41) is 14.8. The standard InChI is InChI=1S/C6H12N3P.C2H2O4/c1-7-2-9-3-8(1)5-10(4-7)6-9;3-1(4)2(5)6/h1-6H2;(H,3,4)(H,5,6). The summed E-state index contributed by atoms with van der Waals surface area (Å²) in [4.78, 5) is 25.9. The number of hydrogen-bond donors (Lipinski definition) is 2. The molecule has 0 unspecified atom stereocenters. The van der Waals surface area contributed by atoms with E-state index in [-0.39, 0.29) is 0 Å². The maximum atomic E-state index is 9.10. The molecule has 4 heterocycles. The first-order chi connectivity index (χ1) is 7.54. The maximum absolute atomic E-state index is 9.10. The molecule has 4 saturated heterocycles. The number of carbonyl (C=O) groups is 2. The fraction of sp³-hybridized carbons (Fsp3) is 0.750. The van der Waals surface area contributed by atoms with Crippen LogP contribution in [0.4, 0.5) is 0 Å². The Morgan fingerprint density at radius 3 is 1.31 bits per heavy atom. The fourth-order valence-electron chi connectivity index (χ4n) is 2.23. The first-order valence-corrected chi connectivity index (χ1v) is 6.80. The minimum absolute atomic E-state index is 0.366. The molecule has 0 aliphatic carbocycles. The predicted octanol–water partition coefficient (Wildman–Crippen LogP) is -0.684. The van der Waals surface area contributed by atoms with E-state index in [9.17, 15) is 0 Å². The minimum atomic E-state index is -1.82. The molecule has 0 aromatic heterocycles. The van der Waals surface area contributed by atoms with Crippen LogP contribution in [0.3, 0.4) is 0 Å². The highest BCUT2D eigenvalue weighted by Crippen LogP contribution is 2.46. The van der Waals surface area contributed by atoms with Crippen molar-refractivity contribution in [3.8, 4) is 0 Å². The van der Waals surface area contributed by atoms with E-state index in [0.717, 1.165) is 0 Å². The molecule has 90 valence electrons. The zero-order chi connectivity index (χ0) is 11.7. The molecule has 0 saturated carbocycles. The van der Waals surface area contributed by atoms with E-state index in [2.05, 4.69) is 14.7 Å². The lowest BCUT2D eigenvalue weighted by molar-refractivity contribution is -0.159. The van der Waals surface area contributed by atoms with Crippen LogP contribution >= 0.6 is 7.92 Å². The second-order valence-corrected chi connectivity index (χ2v) is 6.33. The highest BCUT2D eigenvalue weighted by Gasteiger charge is 2.37. The van der Waals surface area contributed by atoms with Gasteiger partial charge < -0.3 is 10.2 Å². The van der Waals surface area contributed by atoms with Crippen LogP contribution in [0, 0.1) is 0 Å². The van der Waals surface area contributed by atoms with Crippen molar-refractivity contribution in [2.24, 2.45) is 0 Å². The van der Waals surface area contributed by atoms with E-state index < -0.39 is 11.9 Å². The Bertz CT molecular complexity index is 243. The predicted molar refractivity (Wildman–Crippen MR) is 56.9 cm³/mol. The lowest BCUT2D eigenvalue weighted by Gasteiger charge is -2.54. The van der Waals surface area contributed by atoms with E-state index in [4.69, 9.17) is 19.8 Å². The molecule has 4 aliphatic rings. The summed E-state index contributed by atoms with van der Waals surface area (Å²) in [6, 6.07) is 0. The third-order valence-corrected chi connectivity index (χ3v) is 4.98. The molecule has 16 heavy (non-hydrogen) atoms. The Hall–Kier alpha value is -0.750. The van der Waals surface area contributed by atoms with Crippen LogP contribution < -0.4 is 0 Å². The lowest BCUT2D eigenvalue weighted by Crippen LogP contribution is -2.62. The van der Waals surface area contributed by atoms with Crippen LogP contribution in [0.25, 0.3) is 0 Å². The van der Waals surface area contributed by atoms with E-state index >= 15 is 0 Å². The van der Waals surface area contributed by atoms with Crippen molar-refractivity contribution in [1.29, 1.82) is 0 Å². The Labute approximate surface area is 94.0 Å². The van der Waals surface area contributed by atoms with Crippen LogP contribution in [-0.4, -0.2) is 75.7 Å². The van der Waals surface area contributed by atoms with Gasteiger partial charge in [0, 0.05) is 18.9 Å². The second kappa shape index (κ2) is 4.63. The van der Waals surface area contributed by atoms with Crippen LogP contribution in [0.2, 0.25) is 0 Å². The molecule has 2 N–H and O–H groups in total. The van der Waals surface area contributed by atoms with Crippen molar-refractivity contribution < 1.29 is 19.8 Å². The quantitative estimate of drug-likeness (QED) is 0.433. The zero-order valence-corrected chi connectivity index (χ0v) is 9.64. The van der Waals surface area contributed by atoms with Crippen LogP contribution in [0.15, 0.2) is 0 Å². The Balaban J connectivity index is 0.000000142. The molecule has 0 amide bonds. The zero-order valence-electron chi connectivity index (χ0n) is 8.74. The summed E-state index contributed by atoms with van der Waals surface area (Å²) in [5.41, 5.74) is 0. The summed E-state index contributed by atoms with van der Waals surface area (Å²) >= 11 is 0. The molecular formula is C8H14N3O4P. The maximum Gasteiger partial charge on any atom is 0.414 e. The van der Waals surface area contributed by atoms with Gasteiger partial charge in [0.1, 0.15) is 0 Å². The number of rotatable bonds is 0. The van der Waals surface area contributed by atoms with Gasteiger partial charge in [0.25, 0.3) is 0 Å². The number of carboxylic acid groups (broad SMARTS) is 2. The molecule has 8 heteroatoms. The normalized spacial score (nSPS) is 38.8. The van der Waals surface area contributed by atoms with E-state index in [0.29, 0.717) is 7.92 Å². The van der Waals surface area contributed by atoms with Crippen molar-refractivity contribution in [3.63, 3.8) is 0 Å². The second-order valence-electron chi connectivity index (χ2n) is 4.14. The summed E-state index contributed by atoms with van der Waals surface area (Å²) in [7, 11) is 0.366. The van der Waals surface area contributed by atoms with Gasteiger partial charge in [-0.2, -0.15) is 0 Å². The largest absolute Gasteiger partial charge is 0.473 e. The SMILES string of the molecule is C1N2CN3CN1CP(C2)C3.O=C(O)C(=O)O. The topological polar surface area (TPSA) is 84.3 Å². The fourth-order valence-corrected chi connectivity index (χ4v) is 4.74. The summed E-state index contributed by atoms with van der Waals surface area (Å²) in [6.07, 6.45) is 4.26. The van der Waals surface area contributed by atoms with E-state index in [1.165, 1.54) is 38.9 Å². The average molecular weight is 247 g/mol. The third kappa shape index (κ3) is 2.68. The lowest BCUT2D eigenvalue weighted by atomic mass is 10.5. The van der Waals surface area contributed by atoms with Crippen molar-refractivity contribution >= 4 is 19.9 Å². The Morgan fingerprint density at radius 2 is 1.12 bits per heavy atom. The van der Waals surface area contributed by atoms with Crippen molar-refractivity contribution in [2.45, 2.75) is 0 Å². The molecule has 0 radical (unpaired) electrons. The molecule has 7 nitrogen and oxygen atoms in total. The Morgan fingerprint density at radius 1 is 0.812 bits per heavy atom. The van der Waals surface area contributed by atoms with Gasteiger partial charge in [0.05, 0.1) is 20.0 Å². The van der Waals surface area contributed by atoms with Gasteiger partial charge in [0.2, 0.25) is 0 Å². The van der Waals surface area contributed by atoms with Gasteiger partial charge >= 0.3 is 11.9 Å². The summed E-state index contributed by atoms with van der Waals surface area (Å²) in [5.74, 6) is -3.65. The molecule has 0 aromatic carbocycles. The average Bonchev–Trinajstić information content (AvgIpc) is 2.15. The molecule has 0 spiro atoms. The number of hydrogen-bond acceptors (Lipinski definition) is 5. The monoisotopic (exact) mass is 247 g/mol. The van der Waals surface area contributed by atoms with Crippen molar-refractivity contribution in [1.82, 2.24) is 14.7 Å². The van der Waals surface area contributed by atoms with Crippen molar-refractivity contribution in [2.75, 3.05) is 38.9 Å². The summed E-state index contributed by atoms with van der Waals surface area (Å²) < 4.78 is 0. The first-order valence-electron chi connectivity index (χ1n) is 4.90. The van der Waals surface area contributed by atoms with Gasteiger partial charge in [0.15, 0.2) is 0 Å². The van der Waals surface area contributed by atoms with Crippen LogP contribution in [0.5, 0.6) is 0 Å². The van der Waals surface area contributed by atoms with E-state index in [1.807, 2.05) is 0 Å². The molecule has 4 bridgehead atoms. The summed E-state index contributed by atoms with van der Waals surface area (Å²) in [6.45, 7) is 3.74. The number of aliphatic carboxylic acids is 2. The van der Waals surface area contributed by atoms with Gasteiger partial charge in [-0.05, 0) is 0 Å². The van der Waals surface area contributed by atoms with Crippen LogP contribution in [-0.2, 0) is 9.59 Å².